The number of pyridine rings is 1. The third-order valence-corrected chi connectivity index (χ3v) is 7.07. The van der Waals surface area contributed by atoms with Crippen molar-refractivity contribution in [2.24, 2.45) is 0 Å². The number of carbonyl (C=O) groups is 2. The SMILES string of the molecule is CC(C)N1CCN(C(=O)c2ccc(Nc3ncc4cc(C(=O)O)n(C5CCCC5)c4n3)nc2)CC1.CNC. The highest BCUT2D eigenvalue weighted by Crippen LogP contribution is 2.34. The van der Waals surface area contributed by atoms with Crippen molar-refractivity contribution in [1.29, 1.82) is 0 Å². The first-order valence-electron chi connectivity index (χ1n) is 13.3. The molecule has 3 aromatic rings. The monoisotopic (exact) mass is 522 g/mol. The van der Waals surface area contributed by atoms with E-state index in [-0.39, 0.29) is 17.6 Å². The van der Waals surface area contributed by atoms with E-state index in [1.54, 1.807) is 30.6 Å². The van der Waals surface area contributed by atoms with Crippen LogP contribution in [0.25, 0.3) is 11.0 Å². The first-order chi connectivity index (χ1) is 18.3. The Hall–Kier alpha value is -3.57. The van der Waals surface area contributed by atoms with E-state index in [1.807, 2.05) is 23.6 Å². The molecule has 204 valence electrons. The fourth-order valence-electron chi connectivity index (χ4n) is 5.10. The summed E-state index contributed by atoms with van der Waals surface area (Å²) in [5.74, 6) is -0.121. The van der Waals surface area contributed by atoms with Gasteiger partial charge in [0.1, 0.15) is 17.2 Å². The maximum atomic E-state index is 12.9. The number of fused-ring (bicyclic) bond motifs is 1. The third-order valence-electron chi connectivity index (χ3n) is 7.07. The van der Waals surface area contributed by atoms with E-state index in [0.29, 0.717) is 47.5 Å². The van der Waals surface area contributed by atoms with Gasteiger partial charge in [0.2, 0.25) is 5.95 Å². The van der Waals surface area contributed by atoms with E-state index in [1.165, 1.54) is 0 Å². The van der Waals surface area contributed by atoms with Gasteiger partial charge in [-0.2, -0.15) is 4.98 Å². The van der Waals surface area contributed by atoms with E-state index < -0.39 is 5.97 Å². The zero-order chi connectivity index (χ0) is 27.2. The number of hydrogen-bond donors (Lipinski definition) is 3. The summed E-state index contributed by atoms with van der Waals surface area (Å²) in [6.07, 6.45) is 7.27. The summed E-state index contributed by atoms with van der Waals surface area (Å²) in [6.45, 7) is 7.52. The maximum absolute atomic E-state index is 12.9. The van der Waals surface area contributed by atoms with Crippen LogP contribution in [0.15, 0.2) is 30.6 Å². The molecule has 0 radical (unpaired) electrons. The second-order valence-electron chi connectivity index (χ2n) is 10.1. The highest BCUT2D eigenvalue weighted by molar-refractivity contribution is 5.94. The Balaban J connectivity index is 0.00000107. The van der Waals surface area contributed by atoms with Gasteiger partial charge >= 0.3 is 5.97 Å². The summed E-state index contributed by atoms with van der Waals surface area (Å²) >= 11 is 0. The van der Waals surface area contributed by atoms with Gasteiger partial charge in [0.15, 0.2) is 0 Å². The molecule has 0 spiro atoms. The summed E-state index contributed by atoms with van der Waals surface area (Å²) in [6, 6.07) is 5.75. The minimum atomic E-state index is -0.961. The molecule has 2 fully saturated rings. The molecule has 5 rings (SSSR count). The Morgan fingerprint density at radius 2 is 1.71 bits per heavy atom. The largest absolute Gasteiger partial charge is 0.477 e. The van der Waals surface area contributed by atoms with Gasteiger partial charge in [-0.1, -0.05) is 12.8 Å². The fourth-order valence-corrected chi connectivity index (χ4v) is 5.10. The van der Waals surface area contributed by atoms with Crippen molar-refractivity contribution in [3.05, 3.63) is 41.9 Å². The molecule has 0 unspecified atom stereocenters. The molecular weight excluding hydrogens is 484 g/mol. The molecule has 1 amide bonds. The lowest BCUT2D eigenvalue weighted by atomic mass is 10.2. The maximum Gasteiger partial charge on any atom is 0.352 e. The van der Waals surface area contributed by atoms with Gasteiger partial charge in [-0.3, -0.25) is 9.69 Å². The van der Waals surface area contributed by atoms with Crippen LogP contribution in [-0.4, -0.2) is 92.6 Å². The molecule has 0 aromatic carbocycles. The number of amides is 1. The second-order valence-corrected chi connectivity index (χ2v) is 10.1. The molecule has 3 N–H and O–H groups in total. The number of anilines is 2. The average Bonchev–Trinajstić information content (AvgIpc) is 3.57. The van der Waals surface area contributed by atoms with Crippen molar-refractivity contribution in [3.8, 4) is 0 Å². The molecule has 11 heteroatoms. The van der Waals surface area contributed by atoms with Crippen LogP contribution in [0, 0.1) is 0 Å². The van der Waals surface area contributed by atoms with E-state index in [0.717, 1.165) is 38.8 Å². The number of piperazine rings is 1. The number of hydrogen-bond acceptors (Lipinski definition) is 8. The molecule has 3 aromatic heterocycles. The van der Waals surface area contributed by atoms with Gasteiger partial charge in [0, 0.05) is 56.0 Å². The number of rotatable bonds is 6. The van der Waals surface area contributed by atoms with Gasteiger partial charge in [-0.25, -0.2) is 14.8 Å². The number of aromatic nitrogens is 4. The molecule has 38 heavy (non-hydrogen) atoms. The number of nitrogens with one attached hydrogen (secondary N) is 2. The normalized spacial score (nSPS) is 16.5. The van der Waals surface area contributed by atoms with Crippen molar-refractivity contribution in [2.45, 2.75) is 51.6 Å². The zero-order valence-electron chi connectivity index (χ0n) is 22.6. The Bertz CT molecular complexity index is 1240. The summed E-state index contributed by atoms with van der Waals surface area (Å²) in [4.78, 5) is 42.3. The van der Waals surface area contributed by atoms with Crippen LogP contribution in [0.1, 0.15) is 66.4 Å². The third kappa shape index (κ3) is 6.11. The van der Waals surface area contributed by atoms with E-state index in [9.17, 15) is 14.7 Å². The number of carboxylic acid groups (broad SMARTS) is 1. The van der Waals surface area contributed by atoms with Crippen LogP contribution in [0.5, 0.6) is 0 Å². The number of nitrogens with zero attached hydrogens (tertiary/aromatic N) is 6. The van der Waals surface area contributed by atoms with Crippen molar-refractivity contribution >= 4 is 34.7 Å². The summed E-state index contributed by atoms with van der Waals surface area (Å²) in [5, 5.41) is 16.2. The Kier molecular flexibility index (Phi) is 8.90. The van der Waals surface area contributed by atoms with Gasteiger partial charge in [-0.15, -0.1) is 0 Å². The van der Waals surface area contributed by atoms with Crippen molar-refractivity contribution in [1.82, 2.24) is 34.6 Å². The van der Waals surface area contributed by atoms with E-state index >= 15 is 0 Å². The smallest absolute Gasteiger partial charge is 0.352 e. The molecular formula is C27H38N8O3. The lowest BCUT2D eigenvalue weighted by molar-refractivity contribution is 0.0594. The molecule has 0 bridgehead atoms. The predicted molar refractivity (Wildman–Crippen MR) is 147 cm³/mol. The Labute approximate surface area is 223 Å². The van der Waals surface area contributed by atoms with Crippen molar-refractivity contribution < 1.29 is 14.7 Å². The Morgan fingerprint density at radius 3 is 2.29 bits per heavy atom. The summed E-state index contributed by atoms with van der Waals surface area (Å²) in [7, 11) is 3.75. The summed E-state index contributed by atoms with van der Waals surface area (Å²) < 4.78 is 1.84. The fraction of sp³-hybridized carbons (Fsp3) is 0.519. The van der Waals surface area contributed by atoms with Crippen LogP contribution >= 0.6 is 0 Å². The standard InChI is InChI=1S/C25H31N7O3.C2H7N/c1-16(2)30-9-11-31(12-10-30)23(33)17-7-8-21(26-14-17)28-25-27-15-18-13-20(24(34)35)32(22(18)29-25)19-5-3-4-6-19;1-3-2/h7-8,13-16,19H,3-6,9-12H2,1-2H3,(H,34,35)(H,26,27,28,29);3H,1-2H3. The minimum absolute atomic E-state index is 0.0132. The van der Waals surface area contributed by atoms with Crippen molar-refractivity contribution in [3.63, 3.8) is 0 Å². The molecule has 1 saturated carbocycles. The van der Waals surface area contributed by atoms with Gasteiger partial charge < -0.3 is 25.2 Å². The first-order valence-corrected chi connectivity index (χ1v) is 13.3. The van der Waals surface area contributed by atoms with E-state index in [2.05, 4.69) is 44.3 Å². The van der Waals surface area contributed by atoms with Gasteiger partial charge in [-0.05, 0) is 59.0 Å². The van der Waals surface area contributed by atoms with Crippen LogP contribution in [0.2, 0.25) is 0 Å². The quantitative estimate of drug-likeness (QED) is 0.446. The Morgan fingerprint density at radius 1 is 1.03 bits per heavy atom. The van der Waals surface area contributed by atoms with Crippen LogP contribution in [0.4, 0.5) is 11.8 Å². The first kappa shape index (κ1) is 27.5. The van der Waals surface area contributed by atoms with Gasteiger partial charge in [0.25, 0.3) is 5.91 Å². The van der Waals surface area contributed by atoms with E-state index in [4.69, 9.17) is 0 Å². The number of carboxylic acids is 1. The number of carbonyl (C=O) groups excluding carboxylic acids is 1. The zero-order valence-corrected chi connectivity index (χ0v) is 22.6. The summed E-state index contributed by atoms with van der Waals surface area (Å²) in [5.41, 5.74) is 1.40. The minimum Gasteiger partial charge on any atom is -0.477 e. The number of aromatic carboxylic acids is 1. The van der Waals surface area contributed by atoms with Crippen LogP contribution in [0.3, 0.4) is 0 Å². The van der Waals surface area contributed by atoms with Gasteiger partial charge in [0.05, 0.1) is 5.56 Å². The van der Waals surface area contributed by atoms with Crippen LogP contribution in [-0.2, 0) is 0 Å². The second kappa shape index (κ2) is 12.3. The topological polar surface area (TPSA) is 129 Å². The lowest BCUT2D eigenvalue weighted by Gasteiger charge is -2.36. The lowest BCUT2D eigenvalue weighted by Crippen LogP contribution is -2.50. The molecule has 0 atom stereocenters. The molecule has 2 aliphatic rings. The molecule has 4 heterocycles. The highest BCUT2D eigenvalue weighted by atomic mass is 16.4. The molecule has 11 nitrogen and oxygen atoms in total. The van der Waals surface area contributed by atoms with Crippen molar-refractivity contribution in [2.75, 3.05) is 45.6 Å². The molecule has 1 saturated heterocycles. The predicted octanol–water partition coefficient (Wildman–Crippen LogP) is 3.39. The average molecular weight is 523 g/mol. The molecule has 1 aliphatic carbocycles. The molecule has 1 aliphatic heterocycles. The highest BCUT2D eigenvalue weighted by Gasteiger charge is 2.26. The van der Waals surface area contributed by atoms with Crippen LogP contribution < -0.4 is 10.6 Å².